The van der Waals surface area contributed by atoms with E-state index in [1.165, 1.54) is 0 Å². The summed E-state index contributed by atoms with van der Waals surface area (Å²) in [6.07, 6.45) is 1.89. The van der Waals surface area contributed by atoms with E-state index < -0.39 is 0 Å². The largest absolute Gasteiger partial charge is 0.465 e. The molecule has 1 aliphatic rings. The zero-order valence-electron chi connectivity index (χ0n) is 9.02. The van der Waals surface area contributed by atoms with Crippen LogP contribution in [0, 0.1) is 5.92 Å². The molecule has 0 spiro atoms. The Morgan fingerprint density at radius 2 is 2.06 bits per heavy atom. The van der Waals surface area contributed by atoms with Crippen molar-refractivity contribution in [1.29, 1.82) is 0 Å². The number of rotatable bonds is 3. The van der Waals surface area contributed by atoms with E-state index in [2.05, 4.69) is 0 Å². The lowest BCUT2D eigenvalue weighted by Gasteiger charge is -2.19. The van der Waals surface area contributed by atoms with E-state index in [1.807, 2.05) is 18.2 Å². The van der Waals surface area contributed by atoms with Gasteiger partial charge in [-0.3, -0.25) is 9.59 Å². The number of hydrogen-bond acceptors (Lipinski definition) is 3. The molecule has 1 saturated heterocycles. The highest BCUT2D eigenvalue weighted by molar-refractivity contribution is 5.98. The maximum Gasteiger partial charge on any atom is 0.309 e. The van der Waals surface area contributed by atoms with Crippen LogP contribution in [-0.2, 0) is 9.53 Å². The minimum atomic E-state index is -0.249. The van der Waals surface area contributed by atoms with Crippen molar-refractivity contribution in [3.63, 3.8) is 0 Å². The van der Waals surface area contributed by atoms with Crippen molar-refractivity contribution in [2.75, 3.05) is 6.61 Å². The molecule has 0 aliphatic carbocycles. The predicted molar refractivity (Wildman–Crippen MR) is 59.1 cm³/mol. The topological polar surface area (TPSA) is 43.4 Å². The average molecular weight is 218 g/mol. The van der Waals surface area contributed by atoms with Crippen LogP contribution in [-0.4, -0.2) is 18.4 Å². The predicted octanol–water partition coefficient (Wildman–Crippen LogP) is 2.21. The van der Waals surface area contributed by atoms with Crippen molar-refractivity contribution in [3.8, 4) is 0 Å². The first-order chi connectivity index (χ1) is 7.77. The van der Waals surface area contributed by atoms with Gasteiger partial charge < -0.3 is 4.74 Å². The normalized spacial score (nSPS) is 20.2. The number of Topliss-reactive ketones (excluding diaryl/α,β-unsaturated/α-hetero) is 1. The summed E-state index contributed by atoms with van der Waals surface area (Å²) in [5.41, 5.74) is 0.667. The minimum absolute atomic E-state index is 0.0180. The van der Waals surface area contributed by atoms with Crippen LogP contribution in [0.4, 0.5) is 0 Å². The number of cyclic esters (lactones) is 1. The first kappa shape index (κ1) is 10.9. The molecule has 0 amide bonds. The lowest BCUT2D eigenvalue weighted by molar-refractivity contribution is -0.152. The molecule has 1 unspecified atom stereocenters. The quantitative estimate of drug-likeness (QED) is 0.577. The third-order valence-corrected chi connectivity index (χ3v) is 2.80. The molecule has 84 valence electrons. The fourth-order valence-electron chi connectivity index (χ4n) is 1.89. The number of ketones is 1. The van der Waals surface area contributed by atoms with Gasteiger partial charge in [0.2, 0.25) is 0 Å². The van der Waals surface area contributed by atoms with E-state index in [4.69, 9.17) is 4.74 Å². The van der Waals surface area contributed by atoms with Gasteiger partial charge in [0, 0.05) is 12.0 Å². The second-order valence-electron chi connectivity index (χ2n) is 4.00. The molecule has 2 rings (SSSR count). The number of hydrogen-bond donors (Lipinski definition) is 0. The van der Waals surface area contributed by atoms with Gasteiger partial charge in [-0.2, -0.15) is 0 Å². The summed E-state index contributed by atoms with van der Waals surface area (Å²) in [4.78, 5) is 23.2. The molecule has 1 aromatic carbocycles. The van der Waals surface area contributed by atoms with Crippen molar-refractivity contribution in [3.05, 3.63) is 35.9 Å². The van der Waals surface area contributed by atoms with Crippen molar-refractivity contribution < 1.29 is 14.3 Å². The monoisotopic (exact) mass is 218 g/mol. The molecule has 1 aromatic rings. The molecular weight excluding hydrogens is 204 g/mol. The lowest BCUT2D eigenvalue weighted by Crippen LogP contribution is -2.26. The smallest absolute Gasteiger partial charge is 0.309 e. The molecule has 1 heterocycles. The average Bonchev–Trinajstić information content (AvgIpc) is 2.33. The third kappa shape index (κ3) is 2.48. The number of ether oxygens (including phenoxy) is 1. The first-order valence-electron chi connectivity index (χ1n) is 5.52. The zero-order valence-corrected chi connectivity index (χ0v) is 9.02. The molecule has 16 heavy (non-hydrogen) atoms. The summed E-state index contributed by atoms with van der Waals surface area (Å²) >= 11 is 0. The van der Waals surface area contributed by atoms with Crippen LogP contribution >= 0.6 is 0 Å². The number of carbonyl (C=O) groups excluding carboxylic acids is 2. The third-order valence-electron chi connectivity index (χ3n) is 2.80. The van der Waals surface area contributed by atoms with Gasteiger partial charge in [-0.05, 0) is 12.8 Å². The van der Waals surface area contributed by atoms with Crippen LogP contribution in [0.1, 0.15) is 29.6 Å². The van der Waals surface area contributed by atoms with E-state index in [-0.39, 0.29) is 24.1 Å². The molecule has 0 radical (unpaired) electrons. The summed E-state index contributed by atoms with van der Waals surface area (Å²) in [7, 11) is 0. The molecule has 0 N–H and O–H groups in total. The highest BCUT2D eigenvalue weighted by Gasteiger charge is 2.26. The summed E-state index contributed by atoms with van der Waals surface area (Å²) in [6.45, 7) is 0.495. The standard InChI is InChI=1S/C13H14O3/c14-12(10-5-2-1-3-6-10)9-11-7-4-8-16-13(11)15/h1-3,5-6,11H,4,7-9H2. The summed E-state index contributed by atoms with van der Waals surface area (Å²) < 4.78 is 4.94. The van der Waals surface area contributed by atoms with Gasteiger partial charge in [-0.15, -0.1) is 0 Å². The zero-order chi connectivity index (χ0) is 11.4. The maximum absolute atomic E-state index is 11.9. The molecule has 3 heteroatoms. The van der Waals surface area contributed by atoms with Crippen LogP contribution in [0.2, 0.25) is 0 Å². The Morgan fingerprint density at radius 1 is 1.31 bits per heavy atom. The van der Waals surface area contributed by atoms with E-state index >= 15 is 0 Å². The van der Waals surface area contributed by atoms with Gasteiger partial charge in [0.25, 0.3) is 0 Å². The first-order valence-corrected chi connectivity index (χ1v) is 5.52. The summed E-state index contributed by atoms with van der Waals surface area (Å²) in [5.74, 6) is -0.457. The molecule has 0 bridgehead atoms. The lowest BCUT2D eigenvalue weighted by atomic mass is 9.93. The van der Waals surface area contributed by atoms with Crippen molar-refractivity contribution in [2.24, 2.45) is 5.92 Å². The minimum Gasteiger partial charge on any atom is -0.465 e. The fourth-order valence-corrected chi connectivity index (χ4v) is 1.89. The molecule has 0 aromatic heterocycles. The number of esters is 1. The Morgan fingerprint density at radius 3 is 2.75 bits per heavy atom. The Labute approximate surface area is 94.4 Å². The van der Waals surface area contributed by atoms with Gasteiger partial charge in [0.15, 0.2) is 5.78 Å². The SMILES string of the molecule is O=C(CC1CCCOC1=O)c1ccccc1. The van der Waals surface area contributed by atoms with Crippen LogP contribution in [0.3, 0.4) is 0 Å². The van der Waals surface area contributed by atoms with Crippen LogP contribution in [0.5, 0.6) is 0 Å². The Hall–Kier alpha value is -1.64. The Kier molecular flexibility index (Phi) is 3.34. The number of carbonyl (C=O) groups is 2. The van der Waals surface area contributed by atoms with Gasteiger partial charge >= 0.3 is 5.97 Å². The van der Waals surface area contributed by atoms with Gasteiger partial charge in [-0.1, -0.05) is 30.3 Å². The van der Waals surface area contributed by atoms with Gasteiger partial charge in [-0.25, -0.2) is 0 Å². The Bertz CT molecular complexity index is 383. The van der Waals surface area contributed by atoms with Gasteiger partial charge in [0.05, 0.1) is 12.5 Å². The van der Waals surface area contributed by atoms with Crippen molar-refractivity contribution in [2.45, 2.75) is 19.3 Å². The molecule has 3 nitrogen and oxygen atoms in total. The molecule has 0 saturated carbocycles. The molecular formula is C13H14O3. The highest BCUT2D eigenvalue weighted by Crippen LogP contribution is 2.20. The maximum atomic E-state index is 11.9. The Balaban J connectivity index is 1.99. The van der Waals surface area contributed by atoms with Crippen LogP contribution < -0.4 is 0 Å². The van der Waals surface area contributed by atoms with E-state index in [9.17, 15) is 9.59 Å². The second kappa shape index (κ2) is 4.92. The fraction of sp³-hybridized carbons (Fsp3) is 0.385. The highest BCUT2D eigenvalue weighted by atomic mass is 16.5. The van der Waals surface area contributed by atoms with E-state index in [1.54, 1.807) is 12.1 Å². The number of benzene rings is 1. The molecule has 1 atom stereocenters. The molecule has 1 aliphatic heterocycles. The van der Waals surface area contributed by atoms with Crippen LogP contribution in [0.15, 0.2) is 30.3 Å². The van der Waals surface area contributed by atoms with Crippen LogP contribution in [0.25, 0.3) is 0 Å². The van der Waals surface area contributed by atoms with E-state index in [0.717, 1.165) is 12.8 Å². The second-order valence-corrected chi connectivity index (χ2v) is 4.00. The van der Waals surface area contributed by atoms with E-state index in [0.29, 0.717) is 12.2 Å². The molecule has 1 fully saturated rings. The summed E-state index contributed by atoms with van der Waals surface area (Å²) in [6, 6.07) is 9.07. The van der Waals surface area contributed by atoms with Gasteiger partial charge in [0.1, 0.15) is 0 Å². The van der Waals surface area contributed by atoms with Crippen molar-refractivity contribution in [1.82, 2.24) is 0 Å². The van der Waals surface area contributed by atoms with Crippen molar-refractivity contribution >= 4 is 11.8 Å². The summed E-state index contributed by atoms with van der Waals surface area (Å²) in [5, 5.41) is 0.